The number of nitrogens with zero attached hydrogens (tertiary/aromatic N) is 4. The van der Waals surface area contributed by atoms with Crippen LogP contribution in [0.1, 0.15) is 27.7 Å². The SMILES string of the molecule is C=CCn1c(SC(C)C(=O)NC(C)(C#N)C(C)C)nnc1-c1ccccc1. The number of aromatic nitrogens is 3. The summed E-state index contributed by atoms with van der Waals surface area (Å²) in [7, 11) is 0. The lowest BCUT2D eigenvalue weighted by Crippen LogP contribution is -2.51. The van der Waals surface area contributed by atoms with Crippen LogP contribution < -0.4 is 5.32 Å². The third-order valence-corrected chi connectivity index (χ3v) is 5.56. The number of hydrogen-bond donors (Lipinski definition) is 1. The van der Waals surface area contributed by atoms with Crippen LogP contribution in [0.3, 0.4) is 0 Å². The molecule has 7 heteroatoms. The third kappa shape index (κ3) is 4.77. The van der Waals surface area contributed by atoms with E-state index < -0.39 is 10.8 Å². The van der Waals surface area contributed by atoms with Crippen LogP contribution in [0.15, 0.2) is 48.1 Å². The van der Waals surface area contributed by atoms with E-state index in [1.165, 1.54) is 11.8 Å². The minimum absolute atomic E-state index is 0.00208. The summed E-state index contributed by atoms with van der Waals surface area (Å²) in [5.74, 6) is 0.527. The van der Waals surface area contributed by atoms with Crippen LogP contribution in [0.2, 0.25) is 0 Å². The van der Waals surface area contributed by atoms with Gasteiger partial charge in [0.05, 0.1) is 11.3 Å². The van der Waals surface area contributed by atoms with E-state index in [2.05, 4.69) is 28.2 Å². The zero-order valence-electron chi connectivity index (χ0n) is 16.1. The van der Waals surface area contributed by atoms with Crippen molar-refractivity contribution in [3.63, 3.8) is 0 Å². The van der Waals surface area contributed by atoms with E-state index >= 15 is 0 Å². The van der Waals surface area contributed by atoms with Crippen LogP contribution in [0.4, 0.5) is 0 Å². The van der Waals surface area contributed by atoms with Gasteiger partial charge in [-0.15, -0.1) is 16.8 Å². The van der Waals surface area contributed by atoms with Gasteiger partial charge >= 0.3 is 0 Å². The Balaban J connectivity index is 2.22. The number of rotatable bonds is 8. The fourth-order valence-electron chi connectivity index (χ4n) is 2.34. The Kier molecular flexibility index (Phi) is 6.81. The van der Waals surface area contributed by atoms with Crippen LogP contribution in [0.25, 0.3) is 11.4 Å². The standard InChI is InChI=1S/C20H25N5OS/c1-6-12-25-17(16-10-8-7-9-11-16)23-24-19(25)27-15(4)18(26)22-20(5,13-21)14(2)3/h6-11,14-15H,1,12H2,2-5H3,(H,22,26). The Labute approximate surface area is 164 Å². The zero-order valence-corrected chi connectivity index (χ0v) is 17.0. The first kappa shape index (κ1) is 20.7. The van der Waals surface area contributed by atoms with Gasteiger partial charge in [0.2, 0.25) is 5.91 Å². The number of thioether (sulfide) groups is 1. The summed E-state index contributed by atoms with van der Waals surface area (Å²) in [6.45, 7) is 11.7. The summed E-state index contributed by atoms with van der Waals surface area (Å²) >= 11 is 1.32. The highest BCUT2D eigenvalue weighted by molar-refractivity contribution is 8.00. The minimum atomic E-state index is -0.907. The molecule has 6 nitrogen and oxygen atoms in total. The highest BCUT2D eigenvalue weighted by atomic mass is 32.2. The molecule has 0 bridgehead atoms. The van der Waals surface area contributed by atoms with Crippen LogP contribution in [-0.4, -0.2) is 31.5 Å². The molecule has 0 aliphatic carbocycles. The average Bonchev–Trinajstić information content (AvgIpc) is 3.04. The van der Waals surface area contributed by atoms with Gasteiger partial charge in [0, 0.05) is 12.1 Å². The van der Waals surface area contributed by atoms with Gasteiger partial charge in [-0.3, -0.25) is 9.36 Å². The second-order valence-electron chi connectivity index (χ2n) is 6.79. The molecule has 2 aromatic rings. The molecule has 27 heavy (non-hydrogen) atoms. The first-order valence-electron chi connectivity index (χ1n) is 8.81. The number of amides is 1. The van der Waals surface area contributed by atoms with Crippen molar-refractivity contribution in [2.24, 2.45) is 5.92 Å². The molecular formula is C20H25N5OS. The summed E-state index contributed by atoms with van der Waals surface area (Å²) in [5, 5.41) is 21.0. The molecular weight excluding hydrogens is 358 g/mol. The lowest BCUT2D eigenvalue weighted by atomic mass is 9.90. The molecule has 0 aliphatic heterocycles. The van der Waals surface area contributed by atoms with Crippen molar-refractivity contribution < 1.29 is 4.79 Å². The summed E-state index contributed by atoms with van der Waals surface area (Å²) in [6, 6.07) is 12.0. The van der Waals surface area contributed by atoms with Crippen molar-refractivity contribution in [3.8, 4) is 17.5 Å². The molecule has 2 rings (SSSR count). The maximum absolute atomic E-state index is 12.6. The number of benzene rings is 1. The van der Waals surface area contributed by atoms with Crippen molar-refractivity contribution in [2.75, 3.05) is 0 Å². The number of carbonyl (C=O) groups excluding carboxylic acids is 1. The van der Waals surface area contributed by atoms with E-state index in [1.807, 2.05) is 48.7 Å². The van der Waals surface area contributed by atoms with Crippen LogP contribution >= 0.6 is 11.8 Å². The fourth-order valence-corrected chi connectivity index (χ4v) is 3.20. The second kappa shape index (κ2) is 8.87. The topological polar surface area (TPSA) is 83.6 Å². The second-order valence-corrected chi connectivity index (χ2v) is 8.10. The summed E-state index contributed by atoms with van der Waals surface area (Å²) in [6.07, 6.45) is 1.77. The summed E-state index contributed by atoms with van der Waals surface area (Å²) < 4.78 is 1.93. The quantitative estimate of drug-likeness (QED) is 0.555. The normalized spacial score (nSPS) is 14.2. The van der Waals surface area contributed by atoms with Crippen molar-refractivity contribution in [1.82, 2.24) is 20.1 Å². The predicted molar refractivity (Wildman–Crippen MR) is 108 cm³/mol. The van der Waals surface area contributed by atoms with Crippen molar-refractivity contribution in [3.05, 3.63) is 43.0 Å². The first-order chi connectivity index (χ1) is 12.8. The molecule has 0 aliphatic rings. The Bertz CT molecular complexity index is 840. The number of hydrogen-bond acceptors (Lipinski definition) is 5. The smallest absolute Gasteiger partial charge is 0.234 e. The van der Waals surface area contributed by atoms with Gasteiger partial charge in [-0.25, -0.2) is 0 Å². The van der Waals surface area contributed by atoms with Crippen LogP contribution in [-0.2, 0) is 11.3 Å². The fraction of sp³-hybridized carbons (Fsp3) is 0.400. The maximum atomic E-state index is 12.6. The van der Waals surface area contributed by atoms with E-state index in [9.17, 15) is 10.1 Å². The highest BCUT2D eigenvalue weighted by Gasteiger charge is 2.32. The van der Waals surface area contributed by atoms with Crippen LogP contribution in [0.5, 0.6) is 0 Å². The molecule has 1 aromatic heterocycles. The van der Waals surface area contributed by atoms with Crippen molar-refractivity contribution in [2.45, 2.75) is 50.2 Å². The Morgan fingerprint density at radius 2 is 2.04 bits per heavy atom. The Morgan fingerprint density at radius 3 is 2.59 bits per heavy atom. The van der Waals surface area contributed by atoms with Crippen LogP contribution in [0, 0.1) is 17.2 Å². The van der Waals surface area contributed by atoms with Crippen molar-refractivity contribution >= 4 is 17.7 Å². The Morgan fingerprint density at radius 1 is 1.37 bits per heavy atom. The van der Waals surface area contributed by atoms with E-state index in [4.69, 9.17) is 0 Å². The molecule has 0 fully saturated rings. The molecule has 1 N–H and O–H groups in total. The average molecular weight is 384 g/mol. The monoisotopic (exact) mass is 383 g/mol. The lowest BCUT2D eigenvalue weighted by molar-refractivity contribution is -0.121. The minimum Gasteiger partial charge on any atom is -0.337 e. The van der Waals surface area contributed by atoms with Gasteiger partial charge in [-0.05, 0) is 19.8 Å². The highest BCUT2D eigenvalue weighted by Crippen LogP contribution is 2.27. The largest absolute Gasteiger partial charge is 0.337 e. The van der Waals surface area contributed by atoms with Gasteiger partial charge < -0.3 is 5.32 Å². The predicted octanol–water partition coefficient (Wildman–Crippen LogP) is 3.67. The van der Waals surface area contributed by atoms with Gasteiger partial charge in [0.15, 0.2) is 11.0 Å². The van der Waals surface area contributed by atoms with Gasteiger partial charge in [0.1, 0.15) is 5.54 Å². The van der Waals surface area contributed by atoms with E-state index in [0.29, 0.717) is 11.7 Å². The molecule has 2 unspecified atom stereocenters. The van der Waals surface area contributed by atoms with E-state index in [-0.39, 0.29) is 11.8 Å². The number of carbonyl (C=O) groups is 1. The molecule has 2 atom stereocenters. The zero-order chi connectivity index (χ0) is 20.0. The molecule has 1 aromatic carbocycles. The summed E-state index contributed by atoms with van der Waals surface area (Å²) in [4.78, 5) is 12.6. The molecule has 1 heterocycles. The third-order valence-electron chi connectivity index (χ3n) is 4.48. The van der Waals surface area contributed by atoms with Gasteiger partial charge in [-0.1, -0.05) is 62.0 Å². The molecule has 142 valence electrons. The summed E-state index contributed by atoms with van der Waals surface area (Å²) in [5.41, 5.74) is 0.0447. The number of nitrogens with one attached hydrogen (secondary N) is 1. The van der Waals surface area contributed by atoms with E-state index in [0.717, 1.165) is 11.4 Å². The molecule has 0 saturated carbocycles. The van der Waals surface area contributed by atoms with E-state index in [1.54, 1.807) is 19.9 Å². The van der Waals surface area contributed by atoms with Gasteiger partial charge in [0.25, 0.3) is 0 Å². The Hall–Kier alpha value is -2.59. The molecule has 1 amide bonds. The van der Waals surface area contributed by atoms with Gasteiger partial charge in [-0.2, -0.15) is 5.26 Å². The lowest BCUT2D eigenvalue weighted by Gasteiger charge is -2.28. The molecule has 0 saturated heterocycles. The molecule has 0 radical (unpaired) electrons. The maximum Gasteiger partial charge on any atom is 0.234 e. The number of allylic oxidation sites excluding steroid dienone is 1. The number of nitriles is 1. The van der Waals surface area contributed by atoms with Crippen molar-refractivity contribution in [1.29, 1.82) is 5.26 Å². The molecule has 0 spiro atoms. The first-order valence-corrected chi connectivity index (χ1v) is 9.69.